The minimum Gasteiger partial charge on any atom is -0.365 e. The van der Waals surface area contributed by atoms with Gasteiger partial charge in [0.15, 0.2) is 0 Å². The summed E-state index contributed by atoms with van der Waals surface area (Å²) in [6, 6.07) is 5.22. The maximum absolute atomic E-state index is 13.0. The Kier molecular flexibility index (Phi) is 5.18. The van der Waals surface area contributed by atoms with Crippen LogP contribution in [0.3, 0.4) is 0 Å². The second-order valence-corrected chi connectivity index (χ2v) is 8.61. The normalized spacial score (nSPS) is 16.4. The van der Waals surface area contributed by atoms with Gasteiger partial charge in [-0.05, 0) is 35.6 Å². The zero-order valence-electron chi connectivity index (χ0n) is 16.6. The molecule has 1 amide bonds. The average Bonchev–Trinajstić information content (AvgIpc) is 2.84. The molecule has 3 rings (SSSR count). The van der Waals surface area contributed by atoms with E-state index in [0.717, 1.165) is 29.1 Å². The molecule has 144 valence electrons. The van der Waals surface area contributed by atoms with E-state index >= 15 is 0 Å². The summed E-state index contributed by atoms with van der Waals surface area (Å²) in [4.78, 5) is 23.0. The lowest BCUT2D eigenvalue weighted by Crippen LogP contribution is -2.21. The highest BCUT2D eigenvalue weighted by molar-refractivity contribution is 5.91. The molecule has 0 spiro atoms. The van der Waals surface area contributed by atoms with E-state index in [4.69, 9.17) is 4.98 Å². The van der Waals surface area contributed by atoms with Crippen LogP contribution in [0.5, 0.6) is 0 Å². The molecule has 0 radical (unpaired) electrons. The lowest BCUT2D eigenvalue weighted by Gasteiger charge is -2.21. The van der Waals surface area contributed by atoms with E-state index in [1.165, 1.54) is 6.07 Å². The number of carbonyl (C=O) groups is 1. The summed E-state index contributed by atoms with van der Waals surface area (Å²) in [6.07, 6.45) is 2.02. The highest BCUT2D eigenvalue weighted by Crippen LogP contribution is 2.38. The fourth-order valence-electron chi connectivity index (χ4n) is 3.40. The quantitative estimate of drug-likeness (QED) is 0.809. The Morgan fingerprint density at radius 2 is 2.11 bits per heavy atom. The van der Waals surface area contributed by atoms with E-state index in [9.17, 15) is 9.18 Å². The van der Waals surface area contributed by atoms with Crippen molar-refractivity contribution in [1.29, 1.82) is 0 Å². The van der Waals surface area contributed by atoms with Crippen LogP contribution in [-0.2, 0) is 11.3 Å². The van der Waals surface area contributed by atoms with Crippen LogP contribution in [0.1, 0.15) is 56.9 Å². The summed E-state index contributed by atoms with van der Waals surface area (Å²) < 4.78 is 13.0. The first-order chi connectivity index (χ1) is 12.6. The van der Waals surface area contributed by atoms with Gasteiger partial charge in [-0.2, -0.15) is 4.39 Å². The Balaban J connectivity index is 1.81. The molecule has 1 aliphatic heterocycles. The van der Waals surface area contributed by atoms with Crippen LogP contribution in [0.2, 0.25) is 0 Å². The van der Waals surface area contributed by atoms with Crippen molar-refractivity contribution in [2.75, 3.05) is 16.8 Å². The summed E-state index contributed by atoms with van der Waals surface area (Å²) in [6.45, 7) is 11.7. The van der Waals surface area contributed by atoms with Gasteiger partial charge in [0, 0.05) is 31.6 Å². The first kappa shape index (κ1) is 19.3. The molecule has 0 unspecified atom stereocenters. The van der Waals surface area contributed by atoms with Gasteiger partial charge in [0.2, 0.25) is 11.9 Å². The zero-order valence-corrected chi connectivity index (χ0v) is 16.6. The molecule has 0 saturated heterocycles. The van der Waals surface area contributed by atoms with Crippen LogP contribution < -0.4 is 10.2 Å². The largest absolute Gasteiger partial charge is 0.365 e. The number of pyridine rings is 2. The van der Waals surface area contributed by atoms with Crippen LogP contribution in [0.4, 0.5) is 15.9 Å². The van der Waals surface area contributed by atoms with Gasteiger partial charge in [0.1, 0.15) is 5.82 Å². The molecule has 0 saturated carbocycles. The molecular formula is C21H27FN4O. The Bertz CT molecular complexity index is 842. The molecule has 1 aliphatic rings. The molecule has 1 atom stereocenters. The monoisotopic (exact) mass is 370 g/mol. The van der Waals surface area contributed by atoms with E-state index in [1.807, 2.05) is 27.7 Å². The molecule has 0 aliphatic carbocycles. The number of nitrogens with one attached hydrogen (secondary N) is 1. The van der Waals surface area contributed by atoms with Crippen LogP contribution in [0.25, 0.3) is 0 Å². The molecule has 0 aromatic carbocycles. The van der Waals surface area contributed by atoms with Crippen molar-refractivity contribution in [2.24, 2.45) is 5.41 Å². The lowest BCUT2D eigenvalue weighted by atomic mass is 9.92. The second-order valence-electron chi connectivity index (χ2n) is 8.61. The number of carbonyl (C=O) groups excluding carboxylic acids is 1. The molecule has 27 heavy (non-hydrogen) atoms. The molecule has 0 bridgehead atoms. The van der Waals surface area contributed by atoms with Gasteiger partial charge < -0.3 is 10.2 Å². The van der Waals surface area contributed by atoms with Gasteiger partial charge >= 0.3 is 0 Å². The molecule has 2 aromatic heterocycles. The Labute approximate surface area is 160 Å². The van der Waals surface area contributed by atoms with Gasteiger partial charge in [-0.15, -0.1) is 0 Å². The van der Waals surface area contributed by atoms with Crippen molar-refractivity contribution in [3.05, 3.63) is 47.2 Å². The third kappa shape index (κ3) is 4.62. The van der Waals surface area contributed by atoms with Crippen molar-refractivity contribution >= 4 is 17.4 Å². The van der Waals surface area contributed by atoms with Crippen LogP contribution in [0.15, 0.2) is 24.4 Å². The fourth-order valence-corrected chi connectivity index (χ4v) is 3.40. The topological polar surface area (TPSA) is 58.1 Å². The van der Waals surface area contributed by atoms with Crippen molar-refractivity contribution in [3.63, 3.8) is 0 Å². The average molecular weight is 370 g/mol. The number of anilines is 2. The molecule has 2 aromatic rings. The first-order valence-electron chi connectivity index (χ1n) is 9.29. The minimum atomic E-state index is -0.470. The molecule has 3 heterocycles. The summed E-state index contributed by atoms with van der Waals surface area (Å²) >= 11 is 0. The number of hydrogen-bond acceptors (Lipinski definition) is 4. The van der Waals surface area contributed by atoms with E-state index < -0.39 is 5.95 Å². The van der Waals surface area contributed by atoms with Gasteiger partial charge in [-0.3, -0.25) is 4.79 Å². The third-order valence-corrected chi connectivity index (χ3v) is 4.63. The highest BCUT2D eigenvalue weighted by atomic mass is 19.1. The number of hydrogen-bond donors (Lipinski definition) is 1. The first-order valence-corrected chi connectivity index (χ1v) is 9.29. The fraction of sp³-hybridized carbons (Fsp3) is 0.476. The zero-order chi connectivity index (χ0) is 19.8. The van der Waals surface area contributed by atoms with E-state index in [2.05, 4.69) is 28.2 Å². The molecule has 5 nitrogen and oxygen atoms in total. The van der Waals surface area contributed by atoms with Gasteiger partial charge in [0.25, 0.3) is 0 Å². The number of rotatable bonds is 4. The summed E-state index contributed by atoms with van der Waals surface area (Å²) in [5, 5.41) is 2.97. The molecule has 1 N–H and O–H groups in total. The van der Waals surface area contributed by atoms with Crippen LogP contribution in [0, 0.1) is 18.3 Å². The van der Waals surface area contributed by atoms with Crippen molar-refractivity contribution in [2.45, 2.75) is 53.5 Å². The number of aryl methyl sites for hydroxylation is 1. The van der Waals surface area contributed by atoms with Crippen molar-refractivity contribution in [1.82, 2.24) is 9.97 Å². The van der Waals surface area contributed by atoms with Gasteiger partial charge in [-0.25, -0.2) is 9.97 Å². The number of halogens is 1. The Morgan fingerprint density at radius 1 is 1.37 bits per heavy atom. The lowest BCUT2D eigenvalue weighted by molar-refractivity contribution is -0.117. The molecular weight excluding hydrogens is 343 g/mol. The van der Waals surface area contributed by atoms with Gasteiger partial charge in [-0.1, -0.05) is 33.8 Å². The summed E-state index contributed by atoms with van der Waals surface area (Å²) in [7, 11) is 0. The van der Waals surface area contributed by atoms with E-state index in [1.54, 1.807) is 12.3 Å². The maximum Gasteiger partial charge on any atom is 0.226 e. The maximum atomic E-state index is 13.0. The predicted molar refractivity (Wildman–Crippen MR) is 105 cm³/mol. The van der Waals surface area contributed by atoms with Gasteiger partial charge in [0.05, 0.1) is 11.4 Å². The van der Waals surface area contributed by atoms with Crippen LogP contribution in [-0.4, -0.2) is 22.4 Å². The standard InChI is InChI=1S/C21H27FN4O/c1-13-8-16-19(25-20(13)24-18(27)9-21(3,4)5)14(2)11-26(16)12-15-6-7-17(22)23-10-15/h6-8,10,14H,9,11-12H2,1-5H3,(H,24,25,27)/t14-/m0/s1. The molecule has 6 heteroatoms. The molecule has 0 fully saturated rings. The SMILES string of the molecule is Cc1cc2c(nc1NC(=O)CC(C)(C)C)[C@@H](C)CN2Cc1ccc(F)nc1. The minimum absolute atomic E-state index is 0.0158. The van der Waals surface area contributed by atoms with E-state index in [-0.39, 0.29) is 17.2 Å². The summed E-state index contributed by atoms with van der Waals surface area (Å²) in [5.74, 6) is 0.410. The number of amides is 1. The smallest absolute Gasteiger partial charge is 0.226 e. The number of aromatic nitrogens is 2. The van der Waals surface area contributed by atoms with Crippen molar-refractivity contribution in [3.8, 4) is 0 Å². The predicted octanol–water partition coefficient (Wildman–Crippen LogP) is 4.42. The van der Waals surface area contributed by atoms with Crippen LogP contribution >= 0.6 is 0 Å². The van der Waals surface area contributed by atoms with Crippen molar-refractivity contribution < 1.29 is 9.18 Å². The number of fused-ring (bicyclic) bond motifs is 1. The Morgan fingerprint density at radius 3 is 2.74 bits per heavy atom. The summed E-state index contributed by atoms with van der Waals surface area (Å²) in [5.41, 5.74) is 3.88. The number of nitrogens with zero attached hydrogens (tertiary/aromatic N) is 3. The third-order valence-electron chi connectivity index (χ3n) is 4.63. The Hall–Kier alpha value is -2.50. The van der Waals surface area contributed by atoms with E-state index in [0.29, 0.717) is 18.8 Å². The second kappa shape index (κ2) is 7.25. The highest BCUT2D eigenvalue weighted by Gasteiger charge is 2.29.